The van der Waals surface area contributed by atoms with E-state index in [9.17, 15) is 4.79 Å². The first-order valence-electron chi connectivity index (χ1n) is 5.50. The zero-order chi connectivity index (χ0) is 13.0. The van der Waals surface area contributed by atoms with E-state index < -0.39 is 16.9 Å². The first kappa shape index (κ1) is 14.5. The number of rotatable bonds is 4. The Labute approximate surface area is 109 Å². The van der Waals surface area contributed by atoms with Crippen molar-refractivity contribution in [2.45, 2.75) is 38.1 Å². The monoisotopic (exact) mass is 273 g/mol. The number of carbonyl (C=O) groups excluding carboxylic acids is 1. The van der Waals surface area contributed by atoms with E-state index in [-0.39, 0.29) is 11.8 Å². The lowest BCUT2D eigenvalue weighted by atomic mass is 10.00. The first-order valence-corrected chi connectivity index (χ1v) is 7.68. The second-order valence-electron chi connectivity index (χ2n) is 4.07. The highest BCUT2D eigenvalue weighted by Crippen LogP contribution is 2.17. The molecule has 4 N–H and O–H groups in total. The fraction of sp³-hybridized carbons (Fsp3) is 0.545. The van der Waals surface area contributed by atoms with Gasteiger partial charge in [-0.2, -0.15) is 15.7 Å². The summed E-state index contributed by atoms with van der Waals surface area (Å²) in [7, 11) is -0.877. The van der Waals surface area contributed by atoms with Gasteiger partial charge in [0.15, 0.2) is 0 Å². The maximum Gasteiger partial charge on any atom is 0.270 e. The number of carbonyl (C=O) groups is 1. The molecular formula is C11H19N3OS2. The van der Waals surface area contributed by atoms with Crippen molar-refractivity contribution in [3.05, 3.63) is 16.3 Å². The Kier molecular flexibility index (Phi) is 5.45. The molecule has 1 aromatic heterocycles. The minimum absolute atomic E-state index is 0.131. The second kappa shape index (κ2) is 6.39. The smallest absolute Gasteiger partial charge is 0.270 e. The number of thiophene rings is 1. The Hall–Kier alpha value is -0.560. The molecule has 1 heterocycles. The number of hydrogen-bond donors (Lipinski definition) is 2. The number of amides is 1. The van der Waals surface area contributed by atoms with Crippen LogP contribution in [0.3, 0.4) is 0 Å². The number of nitrogens with zero attached hydrogens (tertiary/aromatic N) is 1. The summed E-state index contributed by atoms with van der Waals surface area (Å²) in [5, 5.41) is 9.84. The third-order valence-corrected chi connectivity index (χ3v) is 5.04. The Bertz CT molecular complexity index is 428. The van der Waals surface area contributed by atoms with E-state index >= 15 is 0 Å². The van der Waals surface area contributed by atoms with Gasteiger partial charge in [0.05, 0.1) is 6.04 Å². The van der Waals surface area contributed by atoms with E-state index in [1.807, 2.05) is 31.5 Å². The van der Waals surface area contributed by atoms with E-state index in [2.05, 4.69) is 4.36 Å². The van der Waals surface area contributed by atoms with Crippen LogP contribution in [0.15, 0.2) is 20.0 Å². The molecule has 17 heavy (non-hydrogen) atoms. The average Bonchev–Trinajstić information content (AvgIpc) is 2.73. The number of hydrogen-bond acceptors (Lipinski definition) is 3. The third-order valence-electron chi connectivity index (χ3n) is 2.76. The van der Waals surface area contributed by atoms with Crippen molar-refractivity contribution in [3.63, 3.8) is 0 Å². The summed E-state index contributed by atoms with van der Waals surface area (Å²) < 4.78 is 4.00. The van der Waals surface area contributed by atoms with Crippen molar-refractivity contribution < 1.29 is 4.79 Å². The standard InChI is InChI=1S/C11H19N3OS2/c1-4-7(2)10(12)11(15)14-17(13)9-6-16-5-8(9)3/h5-7,10H,4,12H2,1-3H3,(H2,13,14,15)/t7-,10?,17?/m0/s1. The van der Waals surface area contributed by atoms with Crippen LogP contribution < -0.4 is 10.9 Å². The summed E-state index contributed by atoms with van der Waals surface area (Å²) in [6, 6.07) is -0.544. The zero-order valence-electron chi connectivity index (χ0n) is 10.3. The Balaban J connectivity index is 2.83. The Morgan fingerprint density at radius 1 is 1.59 bits per heavy atom. The van der Waals surface area contributed by atoms with Crippen LogP contribution in [-0.4, -0.2) is 11.9 Å². The number of aryl methyl sites for hydroxylation is 1. The van der Waals surface area contributed by atoms with E-state index in [0.717, 1.165) is 16.9 Å². The topological polar surface area (TPSA) is 81.5 Å². The molecule has 1 amide bonds. The molecule has 0 saturated carbocycles. The van der Waals surface area contributed by atoms with Gasteiger partial charge in [0.2, 0.25) is 0 Å². The van der Waals surface area contributed by atoms with Crippen LogP contribution in [0, 0.1) is 12.8 Å². The molecule has 4 nitrogen and oxygen atoms in total. The average molecular weight is 273 g/mol. The van der Waals surface area contributed by atoms with Gasteiger partial charge in [-0.3, -0.25) is 9.93 Å². The molecule has 2 unspecified atom stereocenters. The molecule has 0 spiro atoms. The van der Waals surface area contributed by atoms with Gasteiger partial charge in [-0.25, -0.2) is 0 Å². The lowest BCUT2D eigenvalue weighted by Gasteiger charge is -2.14. The van der Waals surface area contributed by atoms with Crippen LogP contribution in [0.1, 0.15) is 25.8 Å². The molecule has 0 fully saturated rings. The molecule has 0 radical (unpaired) electrons. The van der Waals surface area contributed by atoms with Gasteiger partial charge in [0, 0.05) is 21.2 Å². The van der Waals surface area contributed by atoms with E-state index in [4.69, 9.17) is 10.9 Å². The van der Waals surface area contributed by atoms with Crippen molar-refractivity contribution in [1.82, 2.24) is 0 Å². The van der Waals surface area contributed by atoms with Gasteiger partial charge < -0.3 is 5.73 Å². The van der Waals surface area contributed by atoms with Gasteiger partial charge in [0.25, 0.3) is 5.91 Å². The first-order chi connectivity index (χ1) is 7.97. The molecule has 0 aliphatic heterocycles. The molecule has 1 rings (SSSR count). The molecule has 0 aliphatic rings. The molecule has 0 aromatic carbocycles. The minimum Gasteiger partial charge on any atom is -0.320 e. The predicted octanol–water partition coefficient (Wildman–Crippen LogP) is 1.99. The fourth-order valence-electron chi connectivity index (χ4n) is 1.27. The quantitative estimate of drug-likeness (QED) is 0.880. The molecular weight excluding hydrogens is 254 g/mol. The van der Waals surface area contributed by atoms with Crippen LogP contribution in [0.5, 0.6) is 0 Å². The molecule has 1 aromatic rings. The molecule has 0 saturated heterocycles. The van der Waals surface area contributed by atoms with Gasteiger partial charge in [-0.15, -0.1) is 0 Å². The minimum atomic E-state index is -0.877. The highest BCUT2D eigenvalue weighted by molar-refractivity contribution is 7.85. The highest BCUT2D eigenvalue weighted by Gasteiger charge is 2.19. The van der Waals surface area contributed by atoms with Gasteiger partial charge >= 0.3 is 0 Å². The van der Waals surface area contributed by atoms with E-state index in [1.54, 1.807) is 11.3 Å². The SMILES string of the molecule is CC[C@H](C)C(N)C(=O)N=S(N)c1cscc1C. The van der Waals surface area contributed by atoms with Crippen LogP contribution in [0.2, 0.25) is 0 Å². The van der Waals surface area contributed by atoms with Crippen molar-refractivity contribution in [2.24, 2.45) is 21.2 Å². The van der Waals surface area contributed by atoms with E-state index in [0.29, 0.717) is 0 Å². The summed E-state index contributed by atoms with van der Waals surface area (Å²) in [6.07, 6.45) is 0.859. The lowest BCUT2D eigenvalue weighted by Crippen LogP contribution is -2.36. The van der Waals surface area contributed by atoms with Crippen LogP contribution >= 0.6 is 11.3 Å². The van der Waals surface area contributed by atoms with Crippen LogP contribution in [-0.2, 0) is 15.7 Å². The summed E-state index contributed by atoms with van der Waals surface area (Å²) in [5.41, 5.74) is 6.90. The van der Waals surface area contributed by atoms with Crippen molar-refractivity contribution >= 4 is 28.1 Å². The maximum absolute atomic E-state index is 11.8. The normalized spacial score (nSPS) is 16.8. The Morgan fingerprint density at radius 3 is 2.71 bits per heavy atom. The fourth-order valence-corrected chi connectivity index (χ4v) is 3.41. The summed E-state index contributed by atoms with van der Waals surface area (Å²) in [4.78, 5) is 12.7. The van der Waals surface area contributed by atoms with Crippen LogP contribution in [0.4, 0.5) is 0 Å². The highest BCUT2D eigenvalue weighted by atomic mass is 32.2. The Morgan fingerprint density at radius 2 is 2.24 bits per heavy atom. The van der Waals surface area contributed by atoms with Gasteiger partial charge in [-0.1, -0.05) is 20.3 Å². The van der Waals surface area contributed by atoms with Crippen LogP contribution in [0.25, 0.3) is 0 Å². The molecule has 0 bridgehead atoms. The molecule has 3 atom stereocenters. The summed E-state index contributed by atoms with van der Waals surface area (Å²) in [5.74, 6) is -0.164. The maximum atomic E-state index is 11.8. The zero-order valence-corrected chi connectivity index (χ0v) is 12.0. The van der Waals surface area contributed by atoms with Crippen molar-refractivity contribution in [2.75, 3.05) is 0 Å². The van der Waals surface area contributed by atoms with E-state index in [1.165, 1.54) is 0 Å². The molecule has 0 aliphatic carbocycles. The second-order valence-corrected chi connectivity index (χ2v) is 6.07. The largest absolute Gasteiger partial charge is 0.320 e. The van der Waals surface area contributed by atoms with Crippen molar-refractivity contribution in [1.29, 1.82) is 0 Å². The van der Waals surface area contributed by atoms with Crippen molar-refractivity contribution in [3.8, 4) is 0 Å². The van der Waals surface area contributed by atoms with Gasteiger partial charge in [-0.05, 0) is 23.8 Å². The molecule has 96 valence electrons. The molecule has 6 heteroatoms. The van der Waals surface area contributed by atoms with Gasteiger partial charge in [0.1, 0.15) is 0 Å². The number of nitrogens with two attached hydrogens (primary N) is 2. The lowest BCUT2D eigenvalue weighted by molar-refractivity contribution is -0.119. The summed E-state index contributed by atoms with van der Waals surface area (Å²) >= 11 is 1.57. The predicted molar refractivity (Wildman–Crippen MR) is 73.7 cm³/mol. The third kappa shape index (κ3) is 3.70. The summed E-state index contributed by atoms with van der Waals surface area (Å²) in [6.45, 7) is 5.92.